The fourth-order valence-electron chi connectivity index (χ4n) is 14.6. The number of hydrogen-bond donors (Lipinski definition) is 0. The second kappa shape index (κ2) is 17.0. The van der Waals surface area contributed by atoms with Crippen molar-refractivity contribution in [2.75, 3.05) is 13.7 Å². The summed E-state index contributed by atoms with van der Waals surface area (Å²) in [6, 6.07) is 16.2. The van der Waals surface area contributed by atoms with Gasteiger partial charge in [0, 0.05) is 57.8 Å². The standard InChI is InChI=1S/C53H60O16/c1-27-22-39(67-45(59)34-18-14-12-15-19-34)50(10)44(68-46(60)35-20-16-13-17-21-35)43(66-33(7)57)49(9)25-52(50,69-47(49)61)53(27)29(3)42(65-32(6)56)51(26-63-30(4)54)38-23-36(58)40(62-11)28(2)48(38,8)24-37(41(51)53)64-31(5)55/h12-22,29,37-39,41-44H,23-26H2,1-11H3/t29-,37+,38-,39-,41-,42-,43+,44-,48+,49+,50-,51-,52+,53-/m0/s1. The van der Waals surface area contributed by atoms with Crippen LogP contribution < -0.4 is 0 Å². The van der Waals surface area contributed by atoms with Gasteiger partial charge < -0.3 is 37.9 Å². The molecule has 4 fully saturated rings. The quantitative estimate of drug-likeness (QED) is 0.139. The van der Waals surface area contributed by atoms with E-state index in [0.717, 1.165) is 6.92 Å². The first-order chi connectivity index (χ1) is 32.4. The van der Waals surface area contributed by atoms with Crippen LogP contribution in [-0.2, 0) is 66.7 Å². The smallest absolute Gasteiger partial charge is 0.338 e. The molecule has 1 heterocycles. The highest BCUT2D eigenvalue weighted by Gasteiger charge is 2.91. The van der Waals surface area contributed by atoms with E-state index in [-0.39, 0.29) is 41.9 Å². The number of ether oxygens (including phenoxy) is 8. The molecule has 3 saturated carbocycles. The molecule has 2 aromatic rings. The van der Waals surface area contributed by atoms with Crippen molar-refractivity contribution >= 4 is 47.6 Å². The van der Waals surface area contributed by atoms with Gasteiger partial charge in [0.1, 0.15) is 35.9 Å². The summed E-state index contributed by atoms with van der Waals surface area (Å²) >= 11 is 0. The third-order valence-electron chi connectivity index (χ3n) is 17.2. The summed E-state index contributed by atoms with van der Waals surface area (Å²) in [6.07, 6.45) is -5.75. The Bertz CT molecular complexity index is 2590. The molecule has 5 aliphatic carbocycles. The average Bonchev–Trinajstić information content (AvgIpc) is 3.67. The number of rotatable bonds is 10. The number of ketones is 1. The SMILES string of the molecule is COC1=C(C)[C@@]2(C)C[C@@H](OC(C)=O)[C@H]3[C@](COC(C)=O)([C@H]2CC1=O)[C@@H](OC(C)=O)[C@H](C)[C@@]31C(C)=C[C@H](OC(=O)c2ccccc2)[C@@]2(C)[C@@H](OC(=O)c3ccccc3)[C@@H](OC(C)=O)[C@@]3(C)C[C@@]21OC3=O. The molecule has 0 radical (unpaired) electrons. The van der Waals surface area contributed by atoms with Crippen molar-refractivity contribution in [3.8, 4) is 0 Å². The van der Waals surface area contributed by atoms with Gasteiger partial charge in [-0.15, -0.1) is 0 Å². The summed E-state index contributed by atoms with van der Waals surface area (Å²) in [7, 11) is 1.40. The van der Waals surface area contributed by atoms with Gasteiger partial charge in [-0.3, -0.25) is 28.8 Å². The molecule has 2 spiro atoms. The van der Waals surface area contributed by atoms with Gasteiger partial charge in [-0.1, -0.05) is 55.8 Å². The number of fused-ring (bicyclic) bond motifs is 5. The van der Waals surface area contributed by atoms with Gasteiger partial charge in [0.2, 0.25) is 0 Å². The predicted octanol–water partition coefficient (Wildman–Crippen LogP) is 6.63. The van der Waals surface area contributed by atoms with Crippen molar-refractivity contribution in [3.63, 3.8) is 0 Å². The van der Waals surface area contributed by atoms with Crippen LogP contribution in [0.2, 0.25) is 0 Å². The Kier molecular flexibility index (Phi) is 12.1. The minimum Gasteiger partial charge on any atom is -0.493 e. The number of carbonyl (C=O) groups is 8. The first-order valence-electron chi connectivity index (χ1n) is 23.3. The van der Waals surface area contributed by atoms with E-state index >= 15 is 4.79 Å². The van der Waals surface area contributed by atoms with Crippen LogP contribution >= 0.6 is 0 Å². The molecular formula is C53H60O16. The number of esters is 7. The summed E-state index contributed by atoms with van der Waals surface area (Å²) < 4.78 is 51.5. The highest BCUT2D eigenvalue weighted by molar-refractivity contribution is 5.96. The van der Waals surface area contributed by atoms with E-state index in [1.54, 1.807) is 82.3 Å². The van der Waals surface area contributed by atoms with Crippen LogP contribution in [0.15, 0.2) is 83.6 Å². The molecule has 0 unspecified atom stereocenters. The highest BCUT2D eigenvalue weighted by Crippen LogP contribution is 2.82. The molecule has 0 N–H and O–H groups in total. The number of carbonyl (C=O) groups excluding carboxylic acids is 8. The van der Waals surface area contributed by atoms with Crippen molar-refractivity contribution in [1.82, 2.24) is 0 Å². The van der Waals surface area contributed by atoms with Gasteiger partial charge in [-0.2, -0.15) is 0 Å². The Balaban J connectivity index is 1.52. The molecule has 6 aliphatic rings. The molecule has 0 amide bonds. The fraction of sp³-hybridized carbons (Fsp3) is 0.547. The van der Waals surface area contributed by atoms with Gasteiger partial charge >= 0.3 is 41.8 Å². The van der Waals surface area contributed by atoms with Crippen molar-refractivity contribution in [2.24, 2.45) is 44.8 Å². The number of methoxy groups -OCH3 is 1. The summed E-state index contributed by atoms with van der Waals surface area (Å²) in [5, 5.41) is 0. The normalized spacial score (nSPS) is 38.3. The molecule has 368 valence electrons. The van der Waals surface area contributed by atoms with Crippen LogP contribution in [0.5, 0.6) is 0 Å². The molecule has 1 saturated heterocycles. The molecule has 14 atom stereocenters. The predicted molar refractivity (Wildman–Crippen MR) is 241 cm³/mol. The molecule has 16 heteroatoms. The molecule has 8 rings (SSSR count). The van der Waals surface area contributed by atoms with Gasteiger partial charge in [-0.25, -0.2) is 9.59 Å². The monoisotopic (exact) mass is 952 g/mol. The van der Waals surface area contributed by atoms with Crippen molar-refractivity contribution < 1.29 is 76.3 Å². The number of Topliss-reactive ketones (excluding diaryl/α,β-unsaturated/α-hetero) is 1. The maximum atomic E-state index is 15.4. The number of allylic oxidation sites excluding steroid dienone is 2. The van der Waals surface area contributed by atoms with E-state index in [1.165, 1.54) is 40.0 Å². The molecule has 1 aliphatic heterocycles. The summed E-state index contributed by atoms with van der Waals surface area (Å²) in [4.78, 5) is 113. The lowest BCUT2D eigenvalue weighted by atomic mass is 9.36. The first kappa shape index (κ1) is 49.1. The number of benzene rings is 2. The van der Waals surface area contributed by atoms with Gasteiger partial charge in [0.05, 0.1) is 29.1 Å². The topological polar surface area (TPSA) is 210 Å². The van der Waals surface area contributed by atoms with Crippen LogP contribution in [0, 0.1) is 44.8 Å². The van der Waals surface area contributed by atoms with E-state index in [2.05, 4.69) is 0 Å². The Labute approximate surface area is 400 Å². The van der Waals surface area contributed by atoms with Crippen molar-refractivity contribution in [2.45, 2.75) is 125 Å². The maximum Gasteiger partial charge on any atom is 0.338 e. The van der Waals surface area contributed by atoms with Gasteiger partial charge in [0.15, 0.2) is 23.8 Å². The van der Waals surface area contributed by atoms with Crippen LogP contribution in [0.4, 0.5) is 0 Å². The van der Waals surface area contributed by atoms with E-state index in [0.29, 0.717) is 11.1 Å². The zero-order valence-electron chi connectivity index (χ0n) is 40.8. The van der Waals surface area contributed by atoms with E-state index < -0.39 is 129 Å². The average molecular weight is 953 g/mol. The Morgan fingerprint density at radius 2 is 1.25 bits per heavy atom. The van der Waals surface area contributed by atoms with E-state index in [4.69, 9.17) is 37.9 Å². The lowest BCUT2D eigenvalue weighted by Crippen LogP contribution is -2.78. The fourth-order valence-corrected chi connectivity index (χ4v) is 14.6. The maximum absolute atomic E-state index is 15.4. The largest absolute Gasteiger partial charge is 0.493 e. The summed E-state index contributed by atoms with van der Waals surface area (Å²) in [5.74, 6) is -8.58. The van der Waals surface area contributed by atoms with E-state index in [9.17, 15) is 33.6 Å². The molecular weight excluding hydrogens is 893 g/mol. The molecule has 2 aromatic carbocycles. The molecule has 0 aromatic heterocycles. The molecule has 2 bridgehead atoms. The summed E-state index contributed by atoms with van der Waals surface area (Å²) in [6.45, 7) is 14.9. The van der Waals surface area contributed by atoms with E-state index in [1.807, 2.05) is 13.8 Å². The second-order valence-corrected chi connectivity index (χ2v) is 20.5. The number of hydrogen-bond acceptors (Lipinski definition) is 16. The van der Waals surface area contributed by atoms with Crippen LogP contribution in [0.1, 0.15) is 109 Å². The first-order valence-corrected chi connectivity index (χ1v) is 23.3. The van der Waals surface area contributed by atoms with Gasteiger partial charge in [0.25, 0.3) is 0 Å². The zero-order chi connectivity index (χ0) is 50.4. The minimum atomic E-state index is -2.02. The van der Waals surface area contributed by atoms with Crippen LogP contribution in [0.3, 0.4) is 0 Å². The van der Waals surface area contributed by atoms with Gasteiger partial charge in [-0.05, 0) is 81.4 Å². The third-order valence-corrected chi connectivity index (χ3v) is 17.2. The lowest BCUT2D eigenvalue weighted by Gasteiger charge is -2.69. The highest BCUT2D eigenvalue weighted by atomic mass is 16.6. The Hall–Kier alpha value is -6.32. The molecule has 69 heavy (non-hydrogen) atoms. The minimum absolute atomic E-state index is 0.0666. The second-order valence-electron chi connectivity index (χ2n) is 20.5. The Morgan fingerprint density at radius 1 is 0.696 bits per heavy atom. The lowest BCUT2D eigenvalue weighted by molar-refractivity contribution is -0.290. The van der Waals surface area contributed by atoms with Crippen molar-refractivity contribution in [1.29, 1.82) is 0 Å². The van der Waals surface area contributed by atoms with Crippen LogP contribution in [-0.4, -0.2) is 97.4 Å². The van der Waals surface area contributed by atoms with Crippen molar-refractivity contribution in [3.05, 3.63) is 94.8 Å². The Morgan fingerprint density at radius 3 is 1.78 bits per heavy atom. The molecule has 16 nitrogen and oxygen atoms in total. The zero-order valence-corrected chi connectivity index (χ0v) is 40.8. The summed E-state index contributed by atoms with van der Waals surface area (Å²) in [5.41, 5.74) is -8.82. The van der Waals surface area contributed by atoms with Crippen LogP contribution in [0.25, 0.3) is 0 Å². The third kappa shape index (κ3) is 6.80.